The Morgan fingerprint density at radius 3 is 2.25 bits per heavy atom. The molecule has 0 radical (unpaired) electrons. The average Bonchev–Trinajstić information content (AvgIpc) is 2.74. The number of hydrogen-bond acceptors (Lipinski definition) is 4. The number of nitrogens with zero attached hydrogens (tertiary/aromatic N) is 1. The number of hydroxylamine groups is 2. The molecule has 184 valence electrons. The molecule has 0 spiro atoms. The van der Waals surface area contributed by atoms with Crippen molar-refractivity contribution in [1.82, 2.24) is 15.7 Å². The Bertz CT molecular complexity index is 572. The molecule has 0 aliphatic rings. The van der Waals surface area contributed by atoms with Gasteiger partial charge in [0.1, 0.15) is 6.04 Å². The van der Waals surface area contributed by atoms with Crippen LogP contribution in [0, 0.1) is 11.3 Å². The molecule has 32 heavy (non-hydrogen) atoms. The highest BCUT2D eigenvalue weighted by atomic mass is 16.7. The highest BCUT2D eigenvalue weighted by molar-refractivity contribution is 5.89. The van der Waals surface area contributed by atoms with Crippen molar-refractivity contribution >= 4 is 18.2 Å². The summed E-state index contributed by atoms with van der Waals surface area (Å²) < 4.78 is 0. The van der Waals surface area contributed by atoms with E-state index < -0.39 is 17.4 Å². The Labute approximate surface area is 195 Å². The van der Waals surface area contributed by atoms with E-state index in [1.807, 2.05) is 39.8 Å². The van der Waals surface area contributed by atoms with Gasteiger partial charge in [0.2, 0.25) is 18.2 Å². The molecule has 0 aromatic heterocycles. The summed E-state index contributed by atoms with van der Waals surface area (Å²) in [7, 11) is 0. The maximum absolute atomic E-state index is 13.2. The fourth-order valence-electron chi connectivity index (χ4n) is 3.15. The molecule has 0 aromatic rings. The lowest BCUT2D eigenvalue weighted by Crippen LogP contribution is -2.55. The molecular formula is C25H45N3O4. The first-order chi connectivity index (χ1) is 15.2. The van der Waals surface area contributed by atoms with E-state index in [-0.39, 0.29) is 18.4 Å². The Morgan fingerprint density at radius 1 is 1.03 bits per heavy atom. The lowest BCUT2D eigenvalue weighted by Gasteiger charge is -2.32. The maximum atomic E-state index is 13.2. The van der Waals surface area contributed by atoms with Gasteiger partial charge in [0.15, 0.2) is 0 Å². The minimum atomic E-state index is -0.679. The maximum Gasteiger partial charge on any atom is 0.243 e. The standard InChI is InChI=1S/C25H45N3O4/c1-7-10-13-15-17-26-24(31)22(25(4,5)6)27-23(30)21(16-14-11-8-2)19-28(20-29)32-18-12-9-3/h7-8,20-22H,1-2,9-19H2,3-6H3,(H,26,31)(H,27,30)/t21-,22?/m1/s1. The van der Waals surface area contributed by atoms with Crippen LogP contribution in [0.3, 0.4) is 0 Å². The molecule has 2 N–H and O–H groups in total. The number of rotatable bonds is 19. The van der Waals surface area contributed by atoms with Crippen LogP contribution >= 0.6 is 0 Å². The fourth-order valence-corrected chi connectivity index (χ4v) is 3.15. The Kier molecular flexibility index (Phi) is 16.2. The van der Waals surface area contributed by atoms with E-state index in [9.17, 15) is 14.4 Å². The van der Waals surface area contributed by atoms with Crippen LogP contribution in [0.15, 0.2) is 25.3 Å². The van der Waals surface area contributed by atoms with E-state index in [0.717, 1.165) is 44.9 Å². The molecule has 0 saturated carbocycles. The van der Waals surface area contributed by atoms with Gasteiger partial charge in [0, 0.05) is 6.54 Å². The largest absolute Gasteiger partial charge is 0.354 e. The van der Waals surface area contributed by atoms with Crippen molar-refractivity contribution in [2.45, 2.75) is 85.1 Å². The second kappa shape index (κ2) is 17.4. The molecule has 0 fully saturated rings. The predicted molar refractivity (Wildman–Crippen MR) is 130 cm³/mol. The van der Waals surface area contributed by atoms with Crippen molar-refractivity contribution in [3.63, 3.8) is 0 Å². The van der Waals surface area contributed by atoms with Gasteiger partial charge in [-0.15, -0.1) is 13.2 Å². The molecule has 1 unspecified atom stereocenters. The van der Waals surface area contributed by atoms with E-state index in [2.05, 4.69) is 23.8 Å². The topological polar surface area (TPSA) is 87.7 Å². The average molecular weight is 452 g/mol. The second-order valence-corrected chi connectivity index (χ2v) is 9.19. The number of amides is 3. The van der Waals surface area contributed by atoms with Crippen molar-refractivity contribution in [2.75, 3.05) is 19.7 Å². The number of hydrogen-bond donors (Lipinski definition) is 2. The van der Waals surface area contributed by atoms with Crippen molar-refractivity contribution in [1.29, 1.82) is 0 Å². The first-order valence-corrected chi connectivity index (χ1v) is 11.9. The first kappa shape index (κ1) is 29.9. The van der Waals surface area contributed by atoms with Crippen molar-refractivity contribution in [2.24, 2.45) is 11.3 Å². The molecule has 0 saturated heterocycles. The van der Waals surface area contributed by atoms with E-state index in [1.165, 1.54) is 5.06 Å². The summed E-state index contributed by atoms with van der Waals surface area (Å²) in [5, 5.41) is 7.07. The monoisotopic (exact) mass is 451 g/mol. The Morgan fingerprint density at radius 2 is 1.69 bits per heavy atom. The normalized spacial score (nSPS) is 13.0. The van der Waals surface area contributed by atoms with Crippen LogP contribution in [0.4, 0.5) is 0 Å². The van der Waals surface area contributed by atoms with Gasteiger partial charge >= 0.3 is 0 Å². The zero-order chi connectivity index (χ0) is 24.4. The lowest BCUT2D eigenvalue weighted by molar-refractivity contribution is -0.177. The third kappa shape index (κ3) is 13.3. The van der Waals surface area contributed by atoms with Crippen molar-refractivity contribution < 1.29 is 19.2 Å². The van der Waals surface area contributed by atoms with Crippen LogP contribution in [-0.4, -0.2) is 49.0 Å². The zero-order valence-electron chi connectivity index (χ0n) is 20.7. The van der Waals surface area contributed by atoms with Gasteiger partial charge in [-0.05, 0) is 50.4 Å². The number of carbonyl (C=O) groups excluding carboxylic acids is 3. The van der Waals surface area contributed by atoms with Crippen LogP contribution < -0.4 is 10.6 Å². The quantitative estimate of drug-likeness (QED) is 0.134. The molecule has 0 rings (SSSR count). The van der Waals surface area contributed by atoms with Crippen LogP contribution in [0.1, 0.15) is 79.1 Å². The molecule has 0 heterocycles. The molecular weight excluding hydrogens is 406 g/mol. The molecule has 0 aliphatic carbocycles. The second-order valence-electron chi connectivity index (χ2n) is 9.19. The van der Waals surface area contributed by atoms with Gasteiger partial charge in [0.05, 0.1) is 19.1 Å². The first-order valence-electron chi connectivity index (χ1n) is 11.9. The van der Waals surface area contributed by atoms with Crippen LogP contribution in [0.5, 0.6) is 0 Å². The molecule has 0 bridgehead atoms. The van der Waals surface area contributed by atoms with Crippen LogP contribution in [0.2, 0.25) is 0 Å². The molecule has 2 atom stereocenters. The summed E-state index contributed by atoms with van der Waals surface area (Å²) >= 11 is 0. The minimum Gasteiger partial charge on any atom is -0.354 e. The zero-order valence-corrected chi connectivity index (χ0v) is 20.7. The Hall–Kier alpha value is -2.15. The van der Waals surface area contributed by atoms with E-state index in [4.69, 9.17) is 4.84 Å². The number of allylic oxidation sites excluding steroid dienone is 2. The van der Waals surface area contributed by atoms with Gasteiger partial charge in [-0.1, -0.05) is 46.3 Å². The predicted octanol–water partition coefficient (Wildman–Crippen LogP) is 4.15. The SMILES string of the molecule is C=CCCCCNC(=O)C(NC(=O)[C@H](CCCC=C)CN(C=O)OCCCC)C(C)(C)C. The van der Waals surface area contributed by atoms with Crippen LogP contribution in [0.25, 0.3) is 0 Å². The number of unbranched alkanes of at least 4 members (excludes halogenated alkanes) is 4. The summed E-state index contributed by atoms with van der Waals surface area (Å²) in [4.78, 5) is 43.0. The molecule has 7 nitrogen and oxygen atoms in total. The molecule has 7 heteroatoms. The third-order valence-corrected chi connectivity index (χ3v) is 5.15. The van der Waals surface area contributed by atoms with Crippen molar-refractivity contribution in [3.8, 4) is 0 Å². The van der Waals surface area contributed by atoms with E-state index in [0.29, 0.717) is 26.0 Å². The highest BCUT2D eigenvalue weighted by Gasteiger charge is 2.34. The Balaban J connectivity index is 5.18. The fraction of sp³-hybridized carbons (Fsp3) is 0.720. The molecule has 3 amide bonds. The highest BCUT2D eigenvalue weighted by Crippen LogP contribution is 2.21. The molecule has 0 aliphatic heterocycles. The molecule has 0 aromatic carbocycles. The minimum absolute atomic E-state index is 0.149. The van der Waals surface area contributed by atoms with Crippen LogP contribution in [-0.2, 0) is 19.2 Å². The van der Waals surface area contributed by atoms with Crippen molar-refractivity contribution in [3.05, 3.63) is 25.3 Å². The smallest absolute Gasteiger partial charge is 0.243 e. The number of nitrogens with one attached hydrogen (secondary N) is 2. The summed E-state index contributed by atoms with van der Waals surface area (Å²) in [5.41, 5.74) is -0.464. The summed E-state index contributed by atoms with van der Waals surface area (Å²) in [6, 6.07) is -0.679. The van der Waals surface area contributed by atoms with Gasteiger partial charge in [-0.25, -0.2) is 5.06 Å². The van der Waals surface area contributed by atoms with Gasteiger partial charge in [-0.3, -0.25) is 19.2 Å². The van der Waals surface area contributed by atoms with E-state index >= 15 is 0 Å². The summed E-state index contributed by atoms with van der Waals surface area (Å²) in [5.74, 6) is -0.922. The van der Waals surface area contributed by atoms with Gasteiger partial charge in [-0.2, -0.15) is 0 Å². The third-order valence-electron chi connectivity index (χ3n) is 5.15. The van der Waals surface area contributed by atoms with Gasteiger partial charge in [0.25, 0.3) is 0 Å². The number of carbonyl (C=O) groups is 3. The summed E-state index contributed by atoms with van der Waals surface area (Å²) in [6.45, 7) is 16.4. The lowest BCUT2D eigenvalue weighted by atomic mass is 9.85. The summed E-state index contributed by atoms with van der Waals surface area (Å²) in [6.07, 6.45) is 10.9. The van der Waals surface area contributed by atoms with Gasteiger partial charge < -0.3 is 10.6 Å². The van der Waals surface area contributed by atoms with E-state index in [1.54, 1.807) is 0 Å².